The smallest absolute Gasteiger partial charge is 0.306 e. The SMILES string of the molecule is O=c1[nH]c(/C=C/c2cccc(C(F)(F)F)c2)nc2ccccc12. The van der Waals surface area contributed by atoms with Crippen molar-refractivity contribution in [3.8, 4) is 0 Å². The Morgan fingerprint density at radius 3 is 2.57 bits per heavy atom. The Morgan fingerprint density at radius 1 is 1.00 bits per heavy atom. The Hall–Kier alpha value is -2.89. The molecule has 6 heteroatoms. The molecule has 0 amide bonds. The van der Waals surface area contributed by atoms with Gasteiger partial charge in [-0.25, -0.2) is 4.98 Å². The quantitative estimate of drug-likeness (QED) is 0.773. The van der Waals surface area contributed by atoms with Gasteiger partial charge in [-0.15, -0.1) is 0 Å². The predicted octanol–water partition coefficient (Wildman–Crippen LogP) is 4.11. The number of rotatable bonds is 2. The van der Waals surface area contributed by atoms with E-state index in [-0.39, 0.29) is 11.4 Å². The Bertz CT molecular complexity index is 942. The Morgan fingerprint density at radius 2 is 1.78 bits per heavy atom. The lowest BCUT2D eigenvalue weighted by atomic mass is 10.1. The first kappa shape index (κ1) is 15.0. The summed E-state index contributed by atoms with van der Waals surface area (Å²) in [6, 6.07) is 11.8. The molecule has 23 heavy (non-hydrogen) atoms. The number of hydrogen-bond acceptors (Lipinski definition) is 2. The van der Waals surface area contributed by atoms with Gasteiger partial charge in [0.25, 0.3) is 5.56 Å². The first-order valence-corrected chi connectivity index (χ1v) is 6.78. The number of para-hydroxylation sites is 1. The molecule has 0 aliphatic heterocycles. The fourth-order valence-electron chi connectivity index (χ4n) is 2.18. The molecule has 1 aromatic heterocycles. The van der Waals surface area contributed by atoms with Crippen LogP contribution < -0.4 is 5.56 Å². The molecule has 3 aromatic rings. The molecule has 0 atom stereocenters. The molecule has 0 radical (unpaired) electrons. The molecular formula is C17H11F3N2O. The minimum absolute atomic E-state index is 0.283. The van der Waals surface area contributed by atoms with Gasteiger partial charge in [0.1, 0.15) is 5.82 Å². The minimum Gasteiger partial charge on any atom is -0.306 e. The van der Waals surface area contributed by atoms with Gasteiger partial charge in [-0.05, 0) is 35.9 Å². The van der Waals surface area contributed by atoms with E-state index in [1.54, 1.807) is 30.3 Å². The van der Waals surface area contributed by atoms with Crippen LogP contribution in [0.5, 0.6) is 0 Å². The summed E-state index contributed by atoms with van der Waals surface area (Å²) in [5.41, 5.74) is -0.116. The van der Waals surface area contributed by atoms with Crippen LogP contribution in [0.1, 0.15) is 17.0 Å². The number of hydrogen-bond donors (Lipinski definition) is 1. The number of nitrogens with zero attached hydrogens (tertiary/aromatic N) is 1. The number of fused-ring (bicyclic) bond motifs is 1. The van der Waals surface area contributed by atoms with Crippen molar-refractivity contribution in [1.29, 1.82) is 0 Å². The maximum atomic E-state index is 12.7. The average molecular weight is 316 g/mol. The molecule has 0 saturated carbocycles. The van der Waals surface area contributed by atoms with Gasteiger partial charge in [0.2, 0.25) is 0 Å². The van der Waals surface area contributed by atoms with Crippen molar-refractivity contribution >= 4 is 23.1 Å². The fourth-order valence-corrected chi connectivity index (χ4v) is 2.18. The van der Waals surface area contributed by atoms with Crippen molar-refractivity contribution in [2.45, 2.75) is 6.18 Å². The van der Waals surface area contributed by atoms with Crippen molar-refractivity contribution in [2.75, 3.05) is 0 Å². The third kappa shape index (κ3) is 3.31. The van der Waals surface area contributed by atoms with Crippen molar-refractivity contribution in [3.05, 3.63) is 75.8 Å². The second kappa shape index (κ2) is 5.72. The van der Waals surface area contributed by atoms with E-state index in [1.807, 2.05) is 0 Å². The lowest BCUT2D eigenvalue weighted by Crippen LogP contribution is -2.09. The number of H-pyrrole nitrogens is 1. The zero-order chi connectivity index (χ0) is 16.4. The van der Waals surface area contributed by atoms with Gasteiger partial charge in [0.15, 0.2) is 0 Å². The standard InChI is InChI=1S/C17H11F3N2O/c18-17(19,20)12-5-3-4-11(10-12)8-9-15-21-14-7-2-1-6-13(14)16(23)22-15/h1-10H,(H,21,22,23)/b9-8+. The van der Waals surface area contributed by atoms with Gasteiger partial charge in [-0.2, -0.15) is 13.2 Å². The second-order valence-electron chi connectivity index (χ2n) is 4.92. The minimum atomic E-state index is -4.39. The molecule has 0 unspecified atom stereocenters. The number of benzene rings is 2. The molecule has 1 N–H and O–H groups in total. The maximum absolute atomic E-state index is 12.7. The van der Waals surface area contributed by atoms with Crippen LogP contribution >= 0.6 is 0 Å². The van der Waals surface area contributed by atoms with Crippen LogP contribution in [0.3, 0.4) is 0 Å². The third-order valence-corrected chi connectivity index (χ3v) is 3.28. The summed E-state index contributed by atoms with van der Waals surface area (Å²) in [5, 5.41) is 0.462. The zero-order valence-electron chi connectivity index (χ0n) is 11.8. The van der Waals surface area contributed by atoms with Gasteiger partial charge < -0.3 is 4.98 Å². The molecule has 1 heterocycles. The van der Waals surface area contributed by atoms with E-state index in [0.717, 1.165) is 12.1 Å². The summed E-state index contributed by atoms with van der Waals surface area (Å²) in [6.45, 7) is 0. The van der Waals surface area contributed by atoms with E-state index in [1.165, 1.54) is 18.2 Å². The highest BCUT2D eigenvalue weighted by Gasteiger charge is 2.30. The highest BCUT2D eigenvalue weighted by molar-refractivity contribution is 5.79. The zero-order valence-corrected chi connectivity index (χ0v) is 11.8. The van der Waals surface area contributed by atoms with Crippen molar-refractivity contribution in [2.24, 2.45) is 0 Å². The van der Waals surface area contributed by atoms with Gasteiger partial charge in [0, 0.05) is 0 Å². The third-order valence-electron chi connectivity index (χ3n) is 3.28. The fraction of sp³-hybridized carbons (Fsp3) is 0.0588. The summed E-state index contributed by atoms with van der Waals surface area (Å²) in [4.78, 5) is 18.8. The van der Waals surface area contributed by atoms with Crippen molar-refractivity contribution < 1.29 is 13.2 Å². The predicted molar refractivity (Wildman–Crippen MR) is 82.7 cm³/mol. The first-order chi connectivity index (χ1) is 10.9. The number of nitrogens with one attached hydrogen (secondary N) is 1. The maximum Gasteiger partial charge on any atom is 0.416 e. The van der Waals surface area contributed by atoms with E-state index in [9.17, 15) is 18.0 Å². The van der Waals surface area contributed by atoms with Crippen LogP contribution in [0.4, 0.5) is 13.2 Å². The van der Waals surface area contributed by atoms with Crippen LogP contribution in [0, 0.1) is 0 Å². The molecule has 116 valence electrons. The largest absolute Gasteiger partial charge is 0.416 e. The van der Waals surface area contributed by atoms with E-state index in [4.69, 9.17) is 0 Å². The molecule has 3 rings (SSSR count). The summed E-state index contributed by atoms with van der Waals surface area (Å²) in [5.74, 6) is 0.283. The normalized spacial score (nSPS) is 12.1. The van der Waals surface area contributed by atoms with Crippen LogP contribution in [0.25, 0.3) is 23.1 Å². The molecule has 3 nitrogen and oxygen atoms in total. The lowest BCUT2D eigenvalue weighted by molar-refractivity contribution is -0.137. The summed E-state index contributed by atoms with van der Waals surface area (Å²) >= 11 is 0. The summed E-state index contributed by atoms with van der Waals surface area (Å²) < 4.78 is 38.0. The number of aromatic nitrogens is 2. The molecule has 0 fully saturated rings. The second-order valence-corrected chi connectivity index (χ2v) is 4.92. The summed E-state index contributed by atoms with van der Waals surface area (Å²) in [6.07, 6.45) is -1.44. The highest BCUT2D eigenvalue weighted by Crippen LogP contribution is 2.29. The molecule has 0 spiro atoms. The van der Waals surface area contributed by atoms with Gasteiger partial charge in [-0.1, -0.05) is 30.3 Å². The Balaban J connectivity index is 1.96. The Kier molecular flexibility index (Phi) is 3.73. The number of halogens is 3. The van der Waals surface area contributed by atoms with Gasteiger partial charge in [-0.3, -0.25) is 4.79 Å². The molecule has 0 saturated heterocycles. The topological polar surface area (TPSA) is 45.8 Å². The molecule has 0 aliphatic carbocycles. The van der Waals surface area contributed by atoms with Gasteiger partial charge in [0.05, 0.1) is 16.5 Å². The van der Waals surface area contributed by atoms with E-state index < -0.39 is 11.7 Å². The number of aromatic amines is 1. The van der Waals surface area contributed by atoms with Crippen molar-refractivity contribution in [1.82, 2.24) is 9.97 Å². The monoisotopic (exact) mass is 316 g/mol. The molecule has 0 aliphatic rings. The Labute approximate surface area is 129 Å². The van der Waals surface area contributed by atoms with E-state index in [0.29, 0.717) is 16.5 Å². The molecule has 2 aromatic carbocycles. The molecular weight excluding hydrogens is 305 g/mol. The van der Waals surface area contributed by atoms with E-state index in [2.05, 4.69) is 9.97 Å². The van der Waals surface area contributed by atoms with E-state index >= 15 is 0 Å². The first-order valence-electron chi connectivity index (χ1n) is 6.78. The highest BCUT2D eigenvalue weighted by atomic mass is 19.4. The van der Waals surface area contributed by atoms with Crippen molar-refractivity contribution in [3.63, 3.8) is 0 Å². The van der Waals surface area contributed by atoms with Gasteiger partial charge >= 0.3 is 6.18 Å². The molecule has 0 bridgehead atoms. The van der Waals surface area contributed by atoms with Crippen LogP contribution in [0.2, 0.25) is 0 Å². The lowest BCUT2D eigenvalue weighted by Gasteiger charge is -2.06. The average Bonchev–Trinajstić information content (AvgIpc) is 2.52. The van der Waals surface area contributed by atoms with Crippen LogP contribution in [0.15, 0.2) is 53.3 Å². The van der Waals surface area contributed by atoms with Crippen LogP contribution in [-0.2, 0) is 6.18 Å². The van der Waals surface area contributed by atoms with Crippen LogP contribution in [-0.4, -0.2) is 9.97 Å². The number of alkyl halides is 3. The summed E-state index contributed by atoms with van der Waals surface area (Å²) in [7, 11) is 0.